The number of carboxylic acids is 1. The molecule has 1 amide bonds. The van der Waals surface area contributed by atoms with Crippen molar-refractivity contribution in [3.05, 3.63) is 75.4 Å². The Bertz CT molecular complexity index is 1300. The topological polar surface area (TPSA) is 79.3 Å². The molecule has 162 valence electrons. The Balaban J connectivity index is 1.59. The quantitative estimate of drug-likeness (QED) is 0.469. The number of amides is 1. The standard InChI is InChI=1S/C26H23BrN2O3/c1-15-22(24(30)29-20-10-12-26(25(31)32)11-9-17(20)14-26)19-13-18(27)7-8-21(19)28-23(15)16-5-3-2-4-6-16/h2-8,13H,9-12,14H2,1H3,(H,29,30)(H,31,32). The number of fused-ring (bicyclic) bond motifs is 3. The lowest BCUT2D eigenvalue weighted by atomic mass is 9.78. The molecule has 2 bridgehead atoms. The van der Waals surface area contributed by atoms with Crippen LogP contribution in [0.15, 0.2) is 64.3 Å². The second kappa shape index (κ2) is 7.85. The number of nitrogens with zero attached hydrogens (tertiary/aromatic N) is 1. The highest BCUT2D eigenvalue weighted by Gasteiger charge is 2.46. The van der Waals surface area contributed by atoms with Gasteiger partial charge >= 0.3 is 5.97 Å². The maximum atomic E-state index is 13.6. The molecule has 1 saturated carbocycles. The van der Waals surface area contributed by atoms with E-state index in [0.29, 0.717) is 31.2 Å². The normalized spacial score (nSPS) is 19.9. The molecule has 2 aromatic carbocycles. The average Bonchev–Trinajstić information content (AvgIpc) is 3.15. The summed E-state index contributed by atoms with van der Waals surface area (Å²) in [6.07, 6.45) is 3.08. The van der Waals surface area contributed by atoms with Crippen LogP contribution in [0.2, 0.25) is 0 Å². The van der Waals surface area contributed by atoms with Crippen LogP contribution in [-0.2, 0) is 4.79 Å². The van der Waals surface area contributed by atoms with E-state index in [-0.39, 0.29) is 5.91 Å². The van der Waals surface area contributed by atoms with Crippen LogP contribution in [-0.4, -0.2) is 22.0 Å². The number of carboxylic acid groups (broad SMARTS) is 1. The van der Waals surface area contributed by atoms with Crippen molar-refractivity contribution in [1.82, 2.24) is 10.3 Å². The van der Waals surface area contributed by atoms with Gasteiger partial charge in [-0.25, -0.2) is 4.98 Å². The second-order valence-corrected chi connectivity index (χ2v) is 9.70. The zero-order valence-electron chi connectivity index (χ0n) is 17.7. The summed E-state index contributed by atoms with van der Waals surface area (Å²) in [5.74, 6) is -0.881. The van der Waals surface area contributed by atoms with E-state index < -0.39 is 11.4 Å². The highest BCUT2D eigenvalue weighted by Crippen LogP contribution is 2.50. The maximum Gasteiger partial charge on any atom is 0.309 e. The Morgan fingerprint density at radius 2 is 1.84 bits per heavy atom. The summed E-state index contributed by atoms with van der Waals surface area (Å²) < 4.78 is 0.884. The minimum absolute atomic E-state index is 0.164. The van der Waals surface area contributed by atoms with Gasteiger partial charge in [0.1, 0.15) is 0 Å². The van der Waals surface area contributed by atoms with Gasteiger partial charge in [-0.1, -0.05) is 46.3 Å². The Kier molecular flexibility index (Phi) is 5.13. The third kappa shape index (κ3) is 3.43. The molecule has 32 heavy (non-hydrogen) atoms. The number of benzene rings is 2. The molecular formula is C26H23BrN2O3. The zero-order chi connectivity index (χ0) is 22.5. The number of allylic oxidation sites excluding steroid dienone is 2. The summed E-state index contributed by atoms with van der Waals surface area (Å²) in [6, 6.07) is 15.7. The fourth-order valence-electron chi connectivity index (χ4n) is 5.13. The first-order valence-electron chi connectivity index (χ1n) is 10.8. The van der Waals surface area contributed by atoms with Crippen molar-refractivity contribution in [2.75, 3.05) is 0 Å². The smallest absolute Gasteiger partial charge is 0.309 e. The molecule has 0 radical (unpaired) electrons. The van der Waals surface area contributed by atoms with E-state index in [9.17, 15) is 14.7 Å². The predicted molar refractivity (Wildman–Crippen MR) is 127 cm³/mol. The summed E-state index contributed by atoms with van der Waals surface area (Å²) in [7, 11) is 0. The first kappa shape index (κ1) is 20.9. The van der Waals surface area contributed by atoms with Crippen LogP contribution in [0.5, 0.6) is 0 Å². The van der Waals surface area contributed by atoms with Gasteiger partial charge in [-0.2, -0.15) is 0 Å². The van der Waals surface area contributed by atoms with E-state index in [2.05, 4.69) is 21.2 Å². The second-order valence-electron chi connectivity index (χ2n) is 8.79. The Morgan fingerprint density at radius 1 is 1.09 bits per heavy atom. The molecule has 6 heteroatoms. The summed E-state index contributed by atoms with van der Waals surface area (Å²) in [5.41, 5.74) is 5.27. The van der Waals surface area contributed by atoms with Crippen LogP contribution >= 0.6 is 15.9 Å². The molecular weight excluding hydrogens is 468 g/mol. The lowest BCUT2D eigenvalue weighted by Crippen LogP contribution is -2.33. The summed E-state index contributed by atoms with van der Waals surface area (Å²) in [5, 5.41) is 13.6. The van der Waals surface area contributed by atoms with Gasteiger partial charge in [0.2, 0.25) is 0 Å². The Morgan fingerprint density at radius 3 is 2.59 bits per heavy atom. The van der Waals surface area contributed by atoms with E-state index in [1.807, 2.05) is 55.5 Å². The molecule has 1 atom stereocenters. The number of carbonyl (C=O) groups is 2. The maximum absolute atomic E-state index is 13.6. The highest BCUT2D eigenvalue weighted by molar-refractivity contribution is 9.10. The summed E-state index contributed by atoms with van der Waals surface area (Å²) in [4.78, 5) is 30.2. The van der Waals surface area contributed by atoms with Crippen molar-refractivity contribution < 1.29 is 14.7 Å². The summed E-state index contributed by atoms with van der Waals surface area (Å²) >= 11 is 3.52. The number of pyridine rings is 1. The number of aromatic nitrogens is 1. The predicted octanol–water partition coefficient (Wildman–Crippen LogP) is 6.01. The van der Waals surface area contributed by atoms with Crippen LogP contribution in [0.4, 0.5) is 0 Å². The van der Waals surface area contributed by atoms with Crippen molar-refractivity contribution in [1.29, 1.82) is 0 Å². The number of hydrogen-bond donors (Lipinski definition) is 2. The molecule has 1 fully saturated rings. The van der Waals surface area contributed by atoms with Gasteiger partial charge in [-0.3, -0.25) is 9.59 Å². The van der Waals surface area contributed by atoms with Crippen molar-refractivity contribution in [2.45, 2.75) is 39.0 Å². The molecule has 0 spiro atoms. The van der Waals surface area contributed by atoms with E-state index in [0.717, 1.165) is 49.9 Å². The monoisotopic (exact) mass is 490 g/mol. The van der Waals surface area contributed by atoms with E-state index in [4.69, 9.17) is 4.98 Å². The molecule has 1 heterocycles. The average molecular weight is 491 g/mol. The number of hydrogen-bond acceptors (Lipinski definition) is 3. The van der Waals surface area contributed by atoms with Crippen molar-refractivity contribution in [2.24, 2.45) is 5.41 Å². The molecule has 0 saturated heterocycles. The number of aliphatic carboxylic acids is 1. The van der Waals surface area contributed by atoms with Crippen molar-refractivity contribution in [3.63, 3.8) is 0 Å². The van der Waals surface area contributed by atoms with Gasteiger partial charge in [0.05, 0.1) is 22.2 Å². The minimum atomic E-state index is -0.716. The van der Waals surface area contributed by atoms with E-state index in [1.54, 1.807) is 0 Å². The first-order chi connectivity index (χ1) is 15.4. The molecule has 2 aliphatic rings. The van der Waals surface area contributed by atoms with E-state index in [1.165, 1.54) is 0 Å². The van der Waals surface area contributed by atoms with Gasteiger partial charge in [0.25, 0.3) is 5.91 Å². The third-order valence-corrected chi connectivity index (χ3v) is 7.41. The lowest BCUT2D eigenvalue weighted by molar-refractivity contribution is -0.149. The fourth-order valence-corrected chi connectivity index (χ4v) is 5.49. The van der Waals surface area contributed by atoms with Gasteiger partial charge in [0, 0.05) is 21.1 Å². The summed E-state index contributed by atoms with van der Waals surface area (Å²) in [6.45, 7) is 1.94. The fraction of sp³-hybridized carbons (Fsp3) is 0.269. The SMILES string of the molecule is Cc1c(-c2ccccc2)nc2ccc(Br)cc2c1C(=O)NC1=C2CCC(C(=O)O)(CC1)C2. The van der Waals surface area contributed by atoms with Gasteiger partial charge < -0.3 is 10.4 Å². The molecule has 1 aromatic heterocycles. The molecule has 2 N–H and O–H groups in total. The number of nitrogens with one attached hydrogen (secondary N) is 1. The van der Waals surface area contributed by atoms with Crippen LogP contribution < -0.4 is 5.32 Å². The van der Waals surface area contributed by atoms with Crippen LogP contribution in [0.1, 0.15) is 48.0 Å². The molecule has 2 aliphatic carbocycles. The molecule has 0 aliphatic heterocycles. The van der Waals surface area contributed by atoms with Crippen molar-refractivity contribution >= 4 is 38.7 Å². The molecule has 1 unspecified atom stereocenters. The van der Waals surface area contributed by atoms with E-state index >= 15 is 0 Å². The highest BCUT2D eigenvalue weighted by atomic mass is 79.9. The number of carbonyl (C=O) groups excluding carboxylic acids is 1. The number of rotatable bonds is 4. The minimum Gasteiger partial charge on any atom is -0.481 e. The van der Waals surface area contributed by atoms with Gasteiger partial charge in [-0.15, -0.1) is 0 Å². The Hall–Kier alpha value is -2.99. The molecule has 5 rings (SSSR count). The van der Waals surface area contributed by atoms with Gasteiger partial charge in [-0.05, 0) is 68.4 Å². The van der Waals surface area contributed by atoms with Crippen LogP contribution in [0.25, 0.3) is 22.2 Å². The van der Waals surface area contributed by atoms with Crippen molar-refractivity contribution in [3.8, 4) is 11.3 Å². The Labute approximate surface area is 194 Å². The zero-order valence-corrected chi connectivity index (χ0v) is 19.3. The van der Waals surface area contributed by atoms with Gasteiger partial charge in [0.15, 0.2) is 0 Å². The lowest BCUT2D eigenvalue weighted by Gasteiger charge is -2.28. The largest absolute Gasteiger partial charge is 0.481 e. The molecule has 5 nitrogen and oxygen atoms in total. The van der Waals surface area contributed by atoms with Crippen LogP contribution in [0.3, 0.4) is 0 Å². The first-order valence-corrected chi connectivity index (χ1v) is 11.6. The van der Waals surface area contributed by atoms with Crippen LogP contribution in [0, 0.1) is 12.3 Å². The number of halogens is 1. The third-order valence-electron chi connectivity index (χ3n) is 6.92. The molecule has 3 aromatic rings.